The molecule has 78 heavy (non-hydrogen) atoms. The zero-order valence-electron chi connectivity index (χ0n) is 46.6. The molecule has 0 unspecified atom stereocenters. The molecule has 0 saturated carbocycles. The maximum absolute atomic E-state index is 12.3. The minimum Gasteiger partial charge on any atom is -0.481 e. The Balaban J connectivity index is 0. The van der Waals surface area contributed by atoms with Gasteiger partial charge in [0.25, 0.3) is 0 Å². The number of hydrogen-bond acceptors (Lipinski definition) is 16. The highest BCUT2D eigenvalue weighted by Gasteiger charge is 2.26. The number of ketones is 3. The van der Waals surface area contributed by atoms with Crippen LogP contribution in [-0.2, 0) is 71.7 Å². The molecule has 450 valence electrons. The normalized spacial score (nSPS) is 12.4. The number of aliphatic carboxylic acids is 4. The summed E-state index contributed by atoms with van der Waals surface area (Å²) in [5.74, 6) is -8.16. The van der Waals surface area contributed by atoms with E-state index in [9.17, 15) is 68.1 Å². The van der Waals surface area contributed by atoms with Crippen molar-refractivity contribution in [3.8, 4) is 0 Å². The van der Waals surface area contributed by atoms with Crippen molar-refractivity contribution in [2.24, 2.45) is 11.8 Å². The van der Waals surface area contributed by atoms with Gasteiger partial charge in [0.15, 0.2) is 11.6 Å². The SMILES string of the molecule is CCOCCOCCCC(=O)CC[C@H](NC(=O)CCCCCCCCCCCCC(=O)O)C(=O)O.CC[C@@H](CCCCNC(=O)CC[C@H](NC(=O)CC[C@H](CC(=O)COCCOCCNC(C)=O)C(=O)O)C(=O)O)C(=O)CO. The fourth-order valence-corrected chi connectivity index (χ4v) is 7.68. The summed E-state index contributed by atoms with van der Waals surface area (Å²) in [6.45, 7) is 7.66. The van der Waals surface area contributed by atoms with Crippen molar-refractivity contribution in [3.05, 3.63) is 0 Å². The van der Waals surface area contributed by atoms with E-state index in [1.165, 1.54) is 6.92 Å². The molecular formula is C54H94N4O20. The first-order chi connectivity index (χ1) is 37.3. The maximum Gasteiger partial charge on any atom is 0.326 e. The van der Waals surface area contributed by atoms with Crippen LogP contribution >= 0.6 is 0 Å². The number of carboxylic acids is 4. The van der Waals surface area contributed by atoms with Crippen LogP contribution < -0.4 is 21.3 Å². The van der Waals surface area contributed by atoms with Crippen LogP contribution in [0.25, 0.3) is 0 Å². The third-order valence-corrected chi connectivity index (χ3v) is 12.2. The molecule has 0 spiro atoms. The number of rotatable bonds is 53. The van der Waals surface area contributed by atoms with Gasteiger partial charge in [-0.1, -0.05) is 64.7 Å². The summed E-state index contributed by atoms with van der Waals surface area (Å²) in [5.41, 5.74) is 0. The zero-order chi connectivity index (χ0) is 58.8. The summed E-state index contributed by atoms with van der Waals surface area (Å²) >= 11 is 0. The molecule has 0 fully saturated rings. The molecule has 4 amide bonds. The van der Waals surface area contributed by atoms with Gasteiger partial charge >= 0.3 is 23.9 Å². The monoisotopic (exact) mass is 1120 g/mol. The maximum atomic E-state index is 12.3. The fourth-order valence-electron chi connectivity index (χ4n) is 7.68. The highest BCUT2D eigenvalue weighted by atomic mass is 16.5. The van der Waals surface area contributed by atoms with Gasteiger partial charge < -0.3 is 65.7 Å². The topological polar surface area (TPSA) is 374 Å². The molecule has 4 atom stereocenters. The largest absolute Gasteiger partial charge is 0.481 e. The number of nitrogens with one attached hydrogen (secondary N) is 4. The Kier molecular flexibility index (Phi) is 48.8. The van der Waals surface area contributed by atoms with Gasteiger partial charge in [0.1, 0.15) is 31.1 Å². The molecule has 9 N–H and O–H groups in total. The second-order valence-corrected chi connectivity index (χ2v) is 18.9. The first kappa shape index (κ1) is 74.6. The summed E-state index contributed by atoms with van der Waals surface area (Å²) in [6.07, 6.45) is 12.9. The third kappa shape index (κ3) is 47.8. The Morgan fingerprint density at radius 2 is 0.962 bits per heavy atom. The first-order valence-electron chi connectivity index (χ1n) is 27.8. The summed E-state index contributed by atoms with van der Waals surface area (Å²) in [7, 11) is 0. The number of carbonyl (C=O) groups is 11. The lowest BCUT2D eigenvalue weighted by atomic mass is 9.95. The minimum absolute atomic E-state index is 0.0285. The molecule has 0 heterocycles. The number of carboxylic acid groups (broad SMARTS) is 4. The van der Waals surface area contributed by atoms with E-state index < -0.39 is 66.1 Å². The standard InChI is InChI=1S/C28H47N3O12.C26H47NO8/c1-3-20(24(35)17-32)6-4-5-11-30-25(36)10-8-23(28(40)41)31-26(37)9-7-21(27(38)39)16-22(34)18-43-15-14-42-13-12-29-19(2)33;1-2-34-20-21-35-19-13-14-22(28)17-18-23(26(32)33)27-24(29)15-11-9-7-5-3-4-6-8-10-12-16-25(30)31/h20-21,23,32H,3-18H2,1-2H3,(H,29,33)(H,30,36)(H,31,37)(H,38,39)(H,40,41);23H,2-21H2,1H3,(H,27,29)(H,30,31)(H,32,33)/t20-,21+,23-;23-/m00/s1. The minimum atomic E-state index is -1.35. The molecule has 24 nitrogen and oxygen atoms in total. The van der Waals surface area contributed by atoms with Crippen LogP contribution in [0.1, 0.15) is 181 Å². The highest BCUT2D eigenvalue weighted by Crippen LogP contribution is 2.16. The molecular weight excluding hydrogens is 1020 g/mol. The number of carbonyl (C=O) groups excluding carboxylic acids is 7. The second-order valence-electron chi connectivity index (χ2n) is 18.9. The van der Waals surface area contributed by atoms with Crippen molar-refractivity contribution in [1.82, 2.24) is 21.3 Å². The van der Waals surface area contributed by atoms with E-state index in [-0.39, 0.29) is 107 Å². The molecule has 0 rings (SSSR count). The number of unbranched alkanes of at least 4 members (excludes halogenated alkanes) is 10. The van der Waals surface area contributed by atoms with E-state index in [0.29, 0.717) is 84.5 Å². The number of Topliss-reactive ketones (excluding diaryl/α,β-unsaturated/α-hetero) is 3. The van der Waals surface area contributed by atoms with E-state index in [1.807, 2.05) is 13.8 Å². The molecule has 0 aromatic rings. The van der Waals surface area contributed by atoms with Gasteiger partial charge in [0, 0.05) is 84.1 Å². The quantitative estimate of drug-likeness (QED) is 0.0383. The number of ether oxygens (including phenoxy) is 4. The van der Waals surface area contributed by atoms with Gasteiger partial charge in [-0.25, -0.2) is 9.59 Å². The molecule has 0 radical (unpaired) electrons. The molecule has 0 aromatic heterocycles. The summed E-state index contributed by atoms with van der Waals surface area (Å²) in [6, 6.07) is -2.39. The molecule has 0 aliphatic carbocycles. The first-order valence-corrected chi connectivity index (χ1v) is 27.8. The number of amides is 4. The van der Waals surface area contributed by atoms with E-state index in [4.69, 9.17) is 29.2 Å². The van der Waals surface area contributed by atoms with E-state index >= 15 is 0 Å². The lowest BCUT2D eigenvalue weighted by molar-refractivity contribution is -0.145. The third-order valence-electron chi connectivity index (χ3n) is 12.2. The van der Waals surface area contributed by atoms with Gasteiger partial charge in [-0.2, -0.15) is 0 Å². The van der Waals surface area contributed by atoms with Crippen LogP contribution in [0.15, 0.2) is 0 Å². The predicted octanol–water partition coefficient (Wildman–Crippen LogP) is 4.32. The summed E-state index contributed by atoms with van der Waals surface area (Å²) in [5, 5.41) is 55.8. The number of aliphatic hydroxyl groups excluding tert-OH is 1. The van der Waals surface area contributed by atoms with Crippen molar-refractivity contribution in [3.63, 3.8) is 0 Å². The predicted molar refractivity (Wildman–Crippen MR) is 285 cm³/mol. The molecule has 0 bridgehead atoms. The molecule has 0 saturated heterocycles. The Morgan fingerprint density at radius 1 is 0.436 bits per heavy atom. The van der Waals surface area contributed by atoms with Gasteiger partial charge in [-0.3, -0.25) is 43.2 Å². The zero-order valence-corrected chi connectivity index (χ0v) is 46.6. The van der Waals surface area contributed by atoms with Gasteiger partial charge in [0.05, 0.1) is 39.0 Å². The van der Waals surface area contributed by atoms with Crippen molar-refractivity contribution in [2.45, 2.75) is 193 Å². The van der Waals surface area contributed by atoms with Gasteiger partial charge in [-0.05, 0) is 64.7 Å². The fraction of sp³-hybridized carbons (Fsp3) is 0.796. The second kappa shape index (κ2) is 51.0. The van der Waals surface area contributed by atoms with Gasteiger partial charge in [0.2, 0.25) is 23.6 Å². The molecule has 24 heteroatoms. The molecule has 0 aliphatic rings. The average Bonchev–Trinajstić information content (AvgIpc) is 3.38. The molecule has 0 aromatic carbocycles. The molecule has 0 aliphatic heterocycles. The van der Waals surface area contributed by atoms with E-state index in [2.05, 4.69) is 21.3 Å². The van der Waals surface area contributed by atoms with Crippen molar-refractivity contribution in [1.29, 1.82) is 0 Å². The van der Waals surface area contributed by atoms with Crippen molar-refractivity contribution >= 4 is 64.9 Å². The lowest BCUT2D eigenvalue weighted by Crippen LogP contribution is -2.42. The van der Waals surface area contributed by atoms with E-state index in [0.717, 1.165) is 64.2 Å². The summed E-state index contributed by atoms with van der Waals surface area (Å²) < 4.78 is 20.9. The summed E-state index contributed by atoms with van der Waals surface area (Å²) in [4.78, 5) is 128. The Morgan fingerprint density at radius 3 is 1.50 bits per heavy atom. The van der Waals surface area contributed by atoms with Crippen LogP contribution in [-0.4, -0.2) is 175 Å². The van der Waals surface area contributed by atoms with E-state index in [1.54, 1.807) is 0 Å². The Bertz CT molecular complexity index is 1730. The van der Waals surface area contributed by atoms with Crippen molar-refractivity contribution < 1.29 is 97.2 Å². The number of hydrogen-bond donors (Lipinski definition) is 9. The van der Waals surface area contributed by atoms with Crippen LogP contribution in [0.5, 0.6) is 0 Å². The van der Waals surface area contributed by atoms with Crippen molar-refractivity contribution in [2.75, 3.05) is 72.6 Å². The number of aliphatic hydroxyl groups is 1. The Hall–Kier alpha value is -5.43. The van der Waals surface area contributed by atoms with Crippen LogP contribution in [0.2, 0.25) is 0 Å². The van der Waals surface area contributed by atoms with Crippen LogP contribution in [0.3, 0.4) is 0 Å². The average molecular weight is 1120 g/mol. The highest BCUT2D eigenvalue weighted by molar-refractivity contribution is 5.87. The Labute approximate surface area is 459 Å². The van der Waals surface area contributed by atoms with Crippen LogP contribution in [0.4, 0.5) is 0 Å². The van der Waals surface area contributed by atoms with Crippen LogP contribution in [0, 0.1) is 11.8 Å². The van der Waals surface area contributed by atoms with Gasteiger partial charge in [-0.15, -0.1) is 0 Å². The lowest BCUT2D eigenvalue weighted by Gasteiger charge is -2.16. The smallest absolute Gasteiger partial charge is 0.326 e.